The molecule has 1 saturated carbocycles. The number of benzene rings is 2. The molecule has 0 unspecified atom stereocenters. The van der Waals surface area contributed by atoms with Gasteiger partial charge >= 0.3 is 0 Å². The minimum Gasteiger partial charge on any atom is -0.508 e. The molecule has 6 nitrogen and oxygen atoms in total. The Labute approximate surface area is 171 Å². The number of fused-ring (bicyclic) bond motifs is 1. The van der Waals surface area contributed by atoms with E-state index in [9.17, 15) is 19.5 Å². The average Bonchev–Trinajstić information content (AvgIpc) is 3.38. The lowest BCUT2D eigenvalue weighted by Crippen LogP contribution is -2.14. The summed E-state index contributed by atoms with van der Waals surface area (Å²) in [6, 6.07) is 10.6. The van der Waals surface area contributed by atoms with E-state index in [0.717, 1.165) is 32.9 Å². The summed E-state index contributed by atoms with van der Waals surface area (Å²) >= 11 is 0. The lowest BCUT2D eigenvalue weighted by atomic mass is 9.83. The zero-order valence-electron chi connectivity index (χ0n) is 16.0. The number of carbonyl (C=O) groups excluding carboxylic acids is 3. The van der Waals surface area contributed by atoms with E-state index >= 15 is 0 Å². The van der Waals surface area contributed by atoms with Crippen LogP contribution >= 0.6 is 0 Å². The Morgan fingerprint density at radius 1 is 0.967 bits per heavy atom. The van der Waals surface area contributed by atoms with Crippen LogP contribution in [0, 0.1) is 0 Å². The first-order chi connectivity index (χ1) is 14.5. The highest BCUT2D eigenvalue weighted by Crippen LogP contribution is 2.47. The number of aromatic nitrogens is 2. The van der Waals surface area contributed by atoms with Crippen LogP contribution < -0.4 is 0 Å². The first kappa shape index (κ1) is 17.2. The summed E-state index contributed by atoms with van der Waals surface area (Å²) in [6.07, 6.45) is 4.07. The van der Waals surface area contributed by atoms with Crippen molar-refractivity contribution in [3.05, 3.63) is 65.5 Å². The molecular weight excluding hydrogens is 380 g/mol. The van der Waals surface area contributed by atoms with Gasteiger partial charge < -0.3 is 14.7 Å². The SMILES string of the molecule is O=C1CCn2cc([C@@H]3C(=O)CC(=O)[C@H]3c3c[nH]c4cc(O)ccc34)c3cccc1c32. The number of hydrogen-bond donors (Lipinski definition) is 2. The van der Waals surface area contributed by atoms with E-state index in [-0.39, 0.29) is 29.5 Å². The fourth-order valence-electron chi connectivity index (χ4n) is 5.26. The molecule has 3 heterocycles. The van der Waals surface area contributed by atoms with Gasteiger partial charge in [-0.15, -0.1) is 0 Å². The van der Waals surface area contributed by atoms with Crippen LogP contribution in [0.2, 0.25) is 0 Å². The summed E-state index contributed by atoms with van der Waals surface area (Å²) in [4.78, 5) is 41.5. The number of phenols is 1. The number of H-pyrrole nitrogens is 1. The van der Waals surface area contributed by atoms with Crippen molar-refractivity contribution >= 4 is 39.2 Å². The first-order valence-electron chi connectivity index (χ1n) is 10.0. The van der Waals surface area contributed by atoms with Crippen LogP contribution in [0.3, 0.4) is 0 Å². The number of phenolic OH excluding ortho intramolecular Hbond substituents is 1. The van der Waals surface area contributed by atoms with Crippen molar-refractivity contribution in [2.45, 2.75) is 31.2 Å². The molecule has 1 fully saturated rings. The quantitative estimate of drug-likeness (QED) is 0.502. The van der Waals surface area contributed by atoms with Crippen molar-refractivity contribution in [2.24, 2.45) is 0 Å². The maximum Gasteiger partial charge on any atom is 0.166 e. The first-order valence-corrected chi connectivity index (χ1v) is 10.0. The average molecular weight is 398 g/mol. The summed E-state index contributed by atoms with van der Waals surface area (Å²) in [5, 5.41) is 11.5. The Hall–Kier alpha value is -3.67. The largest absolute Gasteiger partial charge is 0.508 e. The fourth-order valence-corrected chi connectivity index (χ4v) is 5.26. The molecule has 2 N–H and O–H groups in total. The molecule has 6 rings (SSSR count). The number of aryl methyl sites for hydroxylation is 1. The maximum absolute atomic E-state index is 13.0. The zero-order valence-corrected chi connectivity index (χ0v) is 16.0. The van der Waals surface area contributed by atoms with Crippen molar-refractivity contribution in [1.29, 1.82) is 0 Å². The van der Waals surface area contributed by atoms with Crippen LogP contribution in [0.4, 0.5) is 0 Å². The lowest BCUT2D eigenvalue weighted by Gasteiger charge is -2.17. The third kappa shape index (κ3) is 2.21. The van der Waals surface area contributed by atoms with E-state index in [2.05, 4.69) is 4.98 Å². The Bertz CT molecular complexity index is 1410. The normalized spacial score (nSPS) is 21.3. The van der Waals surface area contributed by atoms with Gasteiger partial charge in [0.15, 0.2) is 5.78 Å². The zero-order chi connectivity index (χ0) is 20.6. The van der Waals surface area contributed by atoms with Crippen molar-refractivity contribution in [2.75, 3.05) is 0 Å². The van der Waals surface area contributed by atoms with E-state index in [1.165, 1.54) is 0 Å². The van der Waals surface area contributed by atoms with Crippen molar-refractivity contribution in [3.8, 4) is 5.75 Å². The number of ketones is 3. The minimum absolute atomic E-state index is 0.0897. The van der Waals surface area contributed by atoms with Gasteiger partial charge in [0, 0.05) is 53.3 Å². The molecule has 0 spiro atoms. The molecule has 2 aromatic heterocycles. The lowest BCUT2D eigenvalue weighted by molar-refractivity contribution is -0.122. The predicted octanol–water partition coefficient (Wildman–Crippen LogP) is 3.82. The van der Waals surface area contributed by atoms with Gasteiger partial charge in [-0.05, 0) is 29.3 Å². The van der Waals surface area contributed by atoms with E-state index in [1.807, 2.05) is 29.0 Å². The van der Waals surface area contributed by atoms with Gasteiger partial charge in [-0.1, -0.05) is 12.1 Å². The smallest absolute Gasteiger partial charge is 0.166 e. The third-order valence-electron chi connectivity index (χ3n) is 6.55. The molecule has 1 aliphatic heterocycles. The topological polar surface area (TPSA) is 92.2 Å². The minimum atomic E-state index is -0.588. The Morgan fingerprint density at radius 2 is 1.77 bits per heavy atom. The van der Waals surface area contributed by atoms with Gasteiger partial charge in [0.1, 0.15) is 17.3 Å². The van der Waals surface area contributed by atoms with Crippen LogP contribution in [0.1, 0.15) is 46.2 Å². The number of Topliss-reactive ketones (excluding diaryl/α,β-unsaturated/α-hetero) is 3. The summed E-state index contributed by atoms with van der Waals surface area (Å²) in [6.45, 7) is 0.582. The second-order valence-electron chi connectivity index (χ2n) is 8.19. The number of aromatic amines is 1. The third-order valence-corrected chi connectivity index (χ3v) is 6.55. The van der Waals surface area contributed by atoms with Gasteiger partial charge in [-0.2, -0.15) is 0 Å². The van der Waals surface area contributed by atoms with E-state index in [4.69, 9.17) is 0 Å². The molecular formula is C24H18N2O4. The van der Waals surface area contributed by atoms with Gasteiger partial charge in [0.05, 0.1) is 23.8 Å². The van der Waals surface area contributed by atoms with Gasteiger partial charge in [0.2, 0.25) is 0 Å². The molecule has 0 saturated heterocycles. The Morgan fingerprint density at radius 3 is 2.60 bits per heavy atom. The molecule has 6 heteroatoms. The molecule has 0 bridgehead atoms. The molecule has 2 aromatic carbocycles. The highest BCUT2D eigenvalue weighted by molar-refractivity contribution is 6.17. The molecule has 2 aliphatic rings. The number of rotatable bonds is 2. The Balaban J connectivity index is 1.57. The summed E-state index contributed by atoms with van der Waals surface area (Å²) in [7, 11) is 0. The number of nitrogens with zero attached hydrogens (tertiary/aromatic N) is 1. The highest BCUT2D eigenvalue weighted by Gasteiger charge is 2.45. The van der Waals surface area contributed by atoms with E-state index in [1.54, 1.807) is 24.4 Å². The van der Waals surface area contributed by atoms with Gasteiger partial charge in [-0.3, -0.25) is 14.4 Å². The second-order valence-corrected chi connectivity index (χ2v) is 8.19. The Kier molecular flexibility index (Phi) is 3.40. The predicted molar refractivity (Wildman–Crippen MR) is 111 cm³/mol. The number of carbonyl (C=O) groups is 3. The summed E-state index contributed by atoms with van der Waals surface area (Å²) in [5.74, 6) is -1.11. The standard InChI is InChI=1S/C24H18N2O4/c27-12-4-5-13-16(10-25-18(13)8-12)22-20(29)9-21(30)23(22)17-11-26-7-6-19(28)15-3-1-2-14(17)24(15)26/h1-5,8,10-11,22-23,25,27H,6-7,9H2/t22-,23-/m1/s1. The monoisotopic (exact) mass is 398 g/mol. The van der Waals surface area contributed by atoms with Crippen molar-refractivity contribution < 1.29 is 19.5 Å². The van der Waals surface area contributed by atoms with Crippen LogP contribution in [-0.4, -0.2) is 32.0 Å². The number of para-hydroxylation sites is 1. The summed E-state index contributed by atoms with van der Waals surface area (Å²) < 4.78 is 2.04. The molecule has 1 aliphatic carbocycles. The number of aromatic hydroxyl groups is 1. The number of nitrogens with one attached hydrogen (secondary N) is 1. The van der Waals surface area contributed by atoms with Crippen LogP contribution in [-0.2, 0) is 16.1 Å². The second kappa shape index (κ2) is 5.92. The maximum atomic E-state index is 13.0. The van der Waals surface area contributed by atoms with Gasteiger partial charge in [0.25, 0.3) is 0 Å². The van der Waals surface area contributed by atoms with Crippen molar-refractivity contribution in [3.63, 3.8) is 0 Å². The fraction of sp³-hybridized carbons (Fsp3) is 0.208. The van der Waals surface area contributed by atoms with Crippen LogP contribution in [0.5, 0.6) is 5.75 Å². The van der Waals surface area contributed by atoms with E-state index < -0.39 is 11.8 Å². The molecule has 0 amide bonds. The van der Waals surface area contributed by atoms with Crippen molar-refractivity contribution in [1.82, 2.24) is 9.55 Å². The molecule has 148 valence electrons. The molecule has 0 radical (unpaired) electrons. The molecule has 30 heavy (non-hydrogen) atoms. The van der Waals surface area contributed by atoms with E-state index in [0.29, 0.717) is 18.5 Å². The number of hydrogen-bond acceptors (Lipinski definition) is 4. The molecule has 2 atom stereocenters. The van der Waals surface area contributed by atoms with Gasteiger partial charge in [-0.25, -0.2) is 0 Å². The highest BCUT2D eigenvalue weighted by atomic mass is 16.3. The van der Waals surface area contributed by atoms with Crippen LogP contribution in [0.15, 0.2) is 48.8 Å². The summed E-state index contributed by atoms with van der Waals surface area (Å²) in [5.41, 5.74) is 3.85. The van der Waals surface area contributed by atoms with Crippen LogP contribution in [0.25, 0.3) is 21.8 Å². The molecule has 4 aromatic rings.